The van der Waals surface area contributed by atoms with Gasteiger partial charge in [0.05, 0.1) is 11.0 Å². The molecule has 0 fully saturated rings. The third-order valence-corrected chi connectivity index (χ3v) is 19.7. The quantitative estimate of drug-likeness (QED) is 0.141. The predicted molar refractivity (Wildman–Crippen MR) is 372 cm³/mol. The van der Waals surface area contributed by atoms with Gasteiger partial charge in [-0.05, 0) is 172 Å². The van der Waals surface area contributed by atoms with Crippen molar-refractivity contribution in [2.75, 3.05) is 0 Å². The first-order valence-corrected chi connectivity index (χ1v) is 31.1. The van der Waals surface area contributed by atoms with Gasteiger partial charge >= 0.3 is 0 Å². The maximum absolute atomic E-state index is 6.11. The summed E-state index contributed by atoms with van der Waals surface area (Å²) in [5.74, 6) is 0.141. The minimum atomic E-state index is 0.141. The van der Waals surface area contributed by atoms with Gasteiger partial charge < -0.3 is 8.98 Å². The molecule has 3 aromatic heterocycles. The van der Waals surface area contributed by atoms with Gasteiger partial charge in [0.1, 0.15) is 11.2 Å². The molecule has 0 radical (unpaired) electrons. The average molecular weight is 1140 g/mol. The second kappa shape index (κ2) is 20.3. The van der Waals surface area contributed by atoms with Gasteiger partial charge in [0.15, 0.2) is 0 Å². The topological polar surface area (TPSA) is 18.1 Å². The van der Waals surface area contributed by atoms with E-state index in [0.29, 0.717) is 0 Å². The van der Waals surface area contributed by atoms with Crippen LogP contribution in [0.2, 0.25) is 0 Å². The van der Waals surface area contributed by atoms with Crippen LogP contribution in [0.1, 0.15) is 22.6 Å². The van der Waals surface area contributed by atoms with E-state index in [2.05, 4.69) is 308 Å². The van der Waals surface area contributed by atoms with E-state index in [9.17, 15) is 0 Å². The molecule has 2 nitrogen and oxygen atoms in total. The molecule has 14 aromatic carbocycles. The molecule has 0 unspecified atom stereocenters. The van der Waals surface area contributed by atoms with Gasteiger partial charge in [0.2, 0.25) is 0 Å². The Morgan fingerprint density at radius 1 is 0.250 bits per heavy atom. The molecule has 0 spiro atoms. The molecular weight excluding hydrogens is 1080 g/mol. The monoisotopic (exact) mass is 1140 g/mol. The number of furan rings is 1. The lowest BCUT2D eigenvalue weighted by atomic mass is 9.87. The molecule has 3 heterocycles. The van der Waals surface area contributed by atoms with Crippen molar-refractivity contribution >= 4 is 75.3 Å². The number of fused-ring (bicyclic) bond motifs is 12. The van der Waals surface area contributed by atoms with Gasteiger partial charge in [-0.25, -0.2) is 0 Å². The Bertz CT molecular complexity index is 5590. The van der Waals surface area contributed by atoms with Crippen LogP contribution in [0.4, 0.5) is 0 Å². The Balaban J connectivity index is 0.647. The normalized spacial score (nSPS) is 12.9. The molecule has 18 rings (SSSR count). The van der Waals surface area contributed by atoms with Crippen molar-refractivity contribution in [1.29, 1.82) is 0 Å². The van der Waals surface area contributed by atoms with Crippen molar-refractivity contribution in [3.8, 4) is 94.7 Å². The molecule has 0 saturated carbocycles. The average Bonchev–Trinajstić information content (AvgIpc) is 2.09. The van der Waals surface area contributed by atoms with Crippen LogP contribution in [-0.2, 0) is 0 Å². The molecule has 0 saturated heterocycles. The molecule has 1 aliphatic rings. The van der Waals surface area contributed by atoms with Gasteiger partial charge in [-0.1, -0.05) is 249 Å². The minimum Gasteiger partial charge on any atom is -0.456 e. The fourth-order valence-electron chi connectivity index (χ4n) is 14.1. The Morgan fingerprint density at radius 2 is 0.693 bits per heavy atom. The Labute approximate surface area is 513 Å². The maximum atomic E-state index is 6.11. The summed E-state index contributed by atoms with van der Waals surface area (Å²) >= 11 is 1.87. The zero-order valence-electron chi connectivity index (χ0n) is 47.9. The van der Waals surface area contributed by atoms with Gasteiger partial charge in [-0.15, -0.1) is 11.3 Å². The van der Waals surface area contributed by atoms with Crippen molar-refractivity contribution in [3.63, 3.8) is 0 Å². The highest BCUT2D eigenvalue weighted by molar-refractivity contribution is 7.25. The predicted octanol–water partition coefficient (Wildman–Crippen LogP) is 23.9. The lowest BCUT2D eigenvalue weighted by molar-refractivity contribution is 0.669. The number of nitrogens with zero attached hydrogens (tertiary/aromatic N) is 1. The van der Waals surface area contributed by atoms with E-state index in [1.165, 1.54) is 148 Å². The molecule has 0 aliphatic heterocycles. The molecule has 0 bridgehead atoms. The van der Waals surface area contributed by atoms with E-state index in [1.807, 2.05) is 23.5 Å². The van der Waals surface area contributed by atoms with E-state index in [4.69, 9.17) is 4.42 Å². The number of hydrogen-bond acceptors (Lipinski definition) is 2. The summed E-state index contributed by atoms with van der Waals surface area (Å²) in [5.41, 5.74) is 28.7. The van der Waals surface area contributed by atoms with Gasteiger partial charge in [-0.2, -0.15) is 0 Å². The molecular formula is C85H53NOS. The van der Waals surface area contributed by atoms with Crippen molar-refractivity contribution in [2.45, 2.75) is 5.92 Å². The zero-order valence-corrected chi connectivity index (χ0v) is 48.7. The number of benzene rings is 14. The van der Waals surface area contributed by atoms with Crippen molar-refractivity contribution in [2.24, 2.45) is 0 Å². The van der Waals surface area contributed by atoms with Crippen molar-refractivity contribution < 1.29 is 4.42 Å². The number of rotatable bonds is 9. The molecule has 3 heteroatoms. The highest BCUT2D eigenvalue weighted by Crippen LogP contribution is 2.50. The van der Waals surface area contributed by atoms with Crippen LogP contribution in [-0.4, -0.2) is 4.57 Å². The van der Waals surface area contributed by atoms with Crippen molar-refractivity contribution in [3.05, 3.63) is 332 Å². The van der Waals surface area contributed by atoms with E-state index < -0.39 is 0 Å². The third-order valence-electron chi connectivity index (χ3n) is 18.6. The summed E-state index contributed by atoms with van der Waals surface area (Å²) in [6, 6.07) is 117. The second-order valence-corrected chi connectivity index (χ2v) is 24.6. The third kappa shape index (κ3) is 8.38. The fraction of sp³-hybridized carbons (Fsp3) is 0.0118. The highest BCUT2D eigenvalue weighted by atomic mass is 32.1. The van der Waals surface area contributed by atoms with E-state index in [0.717, 1.165) is 27.6 Å². The maximum Gasteiger partial charge on any atom is 0.135 e. The lowest BCUT2D eigenvalue weighted by Crippen LogP contribution is -1.99. The Hall–Kier alpha value is -11.1. The zero-order chi connectivity index (χ0) is 57.8. The van der Waals surface area contributed by atoms with E-state index >= 15 is 0 Å². The van der Waals surface area contributed by atoms with Gasteiger partial charge in [0, 0.05) is 53.3 Å². The SMILES string of the molecule is c1ccc(-c2ccc3c4ccc(-c5cccc(-c6ccc7c(c6)-c6ccccc6[C@@H]7c6ccc(-c7ccc(-c8ccc9oc%10ccccc%10c9c8)cc7)cc6)c5)cc4n(-c4ccc(-c5ccc(-c6ccc7c(c6)sc6ccccc67)cc5)cc4)c3c2)cc1. The van der Waals surface area contributed by atoms with Crippen LogP contribution in [0.15, 0.2) is 320 Å². The summed E-state index contributed by atoms with van der Waals surface area (Å²) in [6.07, 6.45) is 0. The standard InChI is InChI=1S/C85H53NOS/c1-2-11-53(12-3-1)65-35-42-70-71-43-36-66(51-80(71)86(79(70)50-65)68-40-33-57(34-41-68)55-23-27-59(28-24-55)67-37-44-74-73-17-7-9-20-83(73)88-84(74)52-67)62-14-10-13-61(47-62)64-38-45-76-77(48-64)69-15-4-5-18-75(69)85(76)60-31-29-56(30-32-60)54-21-25-58(26-22-54)63-39-46-82-78(49-63)72-16-6-8-19-81(72)87-82/h1-52,85H/t85-/m0/s1. The molecule has 0 amide bonds. The number of thiophene rings is 1. The van der Waals surface area contributed by atoms with Gasteiger partial charge in [-0.3, -0.25) is 0 Å². The van der Waals surface area contributed by atoms with E-state index in [1.54, 1.807) is 0 Å². The fourth-order valence-corrected chi connectivity index (χ4v) is 15.2. The first kappa shape index (κ1) is 50.2. The summed E-state index contributed by atoms with van der Waals surface area (Å²) in [4.78, 5) is 0. The smallest absolute Gasteiger partial charge is 0.135 e. The second-order valence-electron chi connectivity index (χ2n) is 23.5. The van der Waals surface area contributed by atoms with Gasteiger partial charge in [0.25, 0.3) is 0 Å². The number of para-hydroxylation sites is 1. The number of aromatic nitrogens is 1. The van der Waals surface area contributed by atoms with Crippen LogP contribution in [0.5, 0.6) is 0 Å². The van der Waals surface area contributed by atoms with Crippen LogP contribution >= 0.6 is 11.3 Å². The molecule has 0 N–H and O–H groups in total. The first-order chi connectivity index (χ1) is 43.6. The molecule has 1 atom stereocenters. The van der Waals surface area contributed by atoms with E-state index in [-0.39, 0.29) is 5.92 Å². The summed E-state index contributed by atoms with van der Waals surface area (Å²) in [5, 5.41) is 7.41. The molecule has 88 heavy (non-hydrogen) atoms. The largest absolute Gasteiger partial charge is 0.456 e. The Morgan fingerprint density at radius 3 is 1.40 bits per heavy atom. The van der Waals surface area contributed by atoms with Crippen molar-refractivity contribution in [1.82, 2.24) is 4.57 Å². The minimum absolute atomic E-state index is 0.141. The summed E-state index contributed by atoms with van der Waals surface area (Å²) in [7, 11) is 0. The number of hydrogen-bond donors (Lipinski definition) is 0. The molecule has 410 valence electrons. The first-order valence-electron chi connectivity index (χ1n) is 30.3. The molecule has 17 aromatic rings. The highest BCUT2D eigenvalue weighted by Gasteiger charge is 2.30. The summed E-state index contributed by atoms with van der Waals surface area (Å²) < 4.78 is 11.2. The summed E-state index contributed by atoms with van der Waals surface area (Å²) in [6.45, 7) is 0. The van der Waals surface area contributed by atoms with Crippen LogP contribution in [0.3, 0.4) is 0 Å². The van der Waals surface area contributed by atoms with Crippen LogP contribution in [0.25, 0.3) is 159 Å². The molecule has 1 aliphatic carbocycles. The van der Waals surface area contributed by atoms with Crippen LogP contribution in [0, 0.1) is 0 Å². The van der Waals surface area contributed by atoms with Crippen LogP contribution < -0.4 is 0 Å². The lowest BCUT2D eigenvalue weighted by Gasteiger charge is -2.16. The Kier molecular flexibility index (Phi) is 11.6.